The highest BCUT2D eigenvalue weighted by molar-refractivity contribution is 7.15. The maximum Gasteiger partial charge on any atom is 0.228 e. The quantitative estimate of drug-likeness (QED) is 0.423. The highest BCUT2D eigenvalue weighted by atomic mass is 32.1. The van der Waals surface area contributed by atoms with Gasteiger partial charge < -0.3 is 9.80 Å². The van der Waals surface area contributed by atoms with E-state index in [2.05, 4.69) is 85.0 Å². The van der Waals surface area contributed by atoms with Crippen molar-refractivity contribution in [2.24, 2.45) is 0 Å². The molecule has 170 valence electrons. The predicted octanol–water partition coefficient (Wildman–Crippen LogP) is 5.19. The van der Waals surface area contributed by atoms with Gasteiger partial charge in [0.1, 0.15) is 0 Å². The molecular formula is C27H30N4OS. The summed E-state index contributed by atoms with van der Waals surface area (Å²) in [6.45, 7) is 11.8. The third-order valence-corrected chi connectivity index (χ3v) is 7.64. The Bertz CT molecular complexity index is 1330. The topological polar surface area (TPSA) is 40.8 Å². The number of piperazine rings is 1. The first-order chi connectivity index (χ1) is 15.9. The minimum absolute atomic E-state index is 0.191. The van der Waals surface area contributed by atoms with E-state index in [1.165, 1.54) is 27.9 Å². The Morgan fingerprint density at radius 3 is 2.45 bits per heavy atom. The summed E-state index contributed by atoms with van der Waals surface area (Å²) >= 11 is 1.60. The monoisotopic (exact) mass is 458 g/mol. The highest BCUT2D eigenvalue weighted by Crippen LogP contribution is 2.26. The van der Waals surface area contributed by atoms with Crippen LogP contribution in [0.5, 0.6) is 0 Å². The first-order valence-corrected chi connectivity index (χ1v) is 12.4. The Hall–Kier alpha value is -3.12. The molecule has 0 spiro atoms. The molecule has 2 aromatic heterocycles. The molecule has 0 saturated carbocycles. The van der Waals surface area contributed by atoms with Crippen molar-refractivity contribution >= 4 is 27.9 Å². The van der Waals surface area contributed by atoms with Gasteiger partial charge in [-0.1, -0.05) is 24.3 Å². The number of carbonyl (C=O) groups is 1. The van der Waals surface area contributed by atoms with E-state index >= 15 is 0 Å². The van der Waals surface area contributed by atoms with Crippen molar-refractivity contribution < 1.29 is 4.79 Å². The van der Waals surface area contributed by atoms with Gasteiger partial charge in [0.05, 0.1) is 12.1 Å². The van der Waals surface area contributed by atoms with E-state index in [1.807, 2.05) is 4.90 Å². The normalized spacial score (nSPS) is 14.3. The van der Waals surface area contributed by atoms with Crippen molar-refractivity contribution in [1.82, 2.24) is 14.3 Å². The molecule has 0 bridgehead atoms. The van der Waals surface area contributed by atoms with Gasteiger partial charge >= 0.3 is 0 Å². The summed E-state index contributed by atoms with van der Waals surface area (Å²) in [6.07, 6.45) is 2.48. The number of benzene rings is 2. The Morgan fingerprint density at radius 2 is 1.70 bits per heavy atom. The van der Waals surface area contributed by atoms with Crippen LogP contribution in [-0.2, 0) is 11.2 Å². The third kappa shape index (κ3) is 4.27. The maximum absolute atomic E-state index is 13.1. The molecule has 0 unspecified atom stereocenters. The average molecular weight is 459 g/mol. The fourth-order valence-corrected chi connectivity index (χ4v) is 5.39. The molecule has 5 nitrogen and oxygen atoms in total. The number of hydrogen-bond acceptors (Lipinski definition) is 4. The van der Waals surface area contributed by atoms with Crippen LogP contribution in [0.25, 0.3) is 16.2 Å². The van der Waals surface area contributed by atoms with E-state index < -0.39 is 0 Å². The van der Waals surface area contributed by atoms with Crippen molar-refractivity contribution in [3.63, 3.8) is 0 Å². The van der Waals surface area contributed by atoms with E-state index in [1.54, 1.807) is 11.3 Å². The van der Waals surface area contributed by atoms with Crippen molar-refractivity contribution in [3.05, 3.63) is 75.9 Å². The summed E-state index contributed by atoms with van der Waals surface area (Å²) in [5, 5.41) is 2.07. The number of imidazole rings is 1. The molecule has 0 aliphatic carbocycles. The van der Waals surface area contributed by atoms with Gasteiger partial charge in [0.15, 0.2) is 4.96 Å². The van der Waals surface area contributed by atoms with Crippen molar-refractivity contribution in [2.75, 3.05) is 31.1 Å². The van der Waals surface area contributed by atoms with Crippen LogP contribution in [0.2, 0.25) is 0 Å². The molecule has 1 amide bonds. The van der Waals surface area contributed by atoms with Gasteiger partial charge in [0.25, 0.3) is 0 Å². The van der Waals surface area contributed by atoms with Crippen LogP contribution in [-0.4, -0.2) is 46.4 Å². The molecule has 0 atom stereocenters. The number of fused-ring (bicyclic) bond motifs is 1. The molecule has 6 heteroatoms. The summed E-state index contributed by atoms with van der Waals surface area (Å²) in [4.78, 5) is 23.3. The fourth-order valence-electron chi connectivity index (χ4n) is 4.52. The number of thiazole rings is 1. The lowest BCUT2D eigenvalue weighted by Crippen LogP contribution is -2.49. The van der Waals surface area contributed by atoms with E-state index in [9.17, 15) is 4.79 Å². The smallest absolute Gasteiger partial charge is 0.228 e. The first kappa shape index (κ1) is 21.7. The van der Waals surface area contributed by atoms with Crippen molar-refractivity contribution in [3.8, 4) is 11.3 Å². The van der Waals surface area contributed by atoms with Gasteiger partial charge in [-0.15, -0.1) is 11.3 Å². The number of aryl methyl sites for hydroxylation is 4. The van der Waals surface area contributed by atoms with Gasteiger partial charge in [0.2, 0.25) is 5.91 Å². The number of anilines is 1. The van der Waals surface area contributed by atoms with Crippen LogP contribution in [0.4, 0.5) is 5.69 Å². The molecule has 4 aromatic rings. The molecule has 33 heavy (non-hydrogen) atoms. The fraction of sp³-hybridized carbons (Fsp3) is 0.333. The molecule has 1 saturated heterocycles. The Balaban J connectivity index is 1.27. The van der Waals surface area contributed by atoms with Crippen LogP contribution in [0.1, 0.15) is 27.9 Å². The summed E-state index contributed by atoms with van der Waals surface area (Å²) in [6, 6.07) is 13.0. The number of carbonyl (C=O) groups excluding carboxylic acids is 1. The second kappa shape index (κ2) is 8.67. The third-order valence-electron chi connectivity index (χ3n) is 6.76. The van der Waals surface area contributed by atoms with Crippen LogP contribution >= 0.6 is 11.3 Å². The summed E-state index contributed by atoms with van der Waals surface area (Å²) in [5.41, 5.74) is 9.49. The van der Waals surface area contributed by atoms with Gasteiger partial charge in [-0.3, -0.25) is 9.20 Å². The number of amides is 1. The summed E-state index contributed by atoms with van der Waals surface area (Å²) < 4.78 is 2.08. The lowest BCUT2D eigenvalue weighted by molar-refractivity contribution is -0.130. The molecule has 5 rings (SSSR count). The predicted molar refractivity (Wildman–Crippen MR) is 136 cm³/mol. The first-order valence-electron chi connectivity index (χ1n) is 11.5. The van der Waals surface area contributed by atoms with E-state index in [-0.39, 0.29) is 5.91 Å². The van der Waals surface area contributed by atoms with E-state index in [0.717, 1.165) is 48.1 Å². The van der Waals surface area contributed by atoms with Crippen LogP contribution in [0.15, 0.2) is 48.0 Å². The maximum atomic E-state index is 13.1. The van der Waals surface area contributed by atoms with E-state index in [0.29, 0.717) is 6.42 Å². The standard InChI is InChI=1S/C27H30N4OS/c1-18-5-6-20(3)25(13-18)29-9-11-30(12-10-29)26(32)15-23-17-33-27-28-24(16-31(23)27)22-8-7-19(2)21(4)14-22/h5-8,13-14,16-17H,9-12,15H2,1-4H3. The van der Waals surface area contributed by atoms with Crippen molar-refractivity contribution in [2.45, 2.75) is 34.1 Å². The number of aromatic nitrogens is 2. The van der Waals surface area contributed by atoms with E-state index in [4.69, 9.17) is 4.98 Å². The number of rotatable bonds is 4. The molecule has 0 radical (unpaired) electrons. The Labute approximate surface area is 199 Å². The van der Waals surface area contributed by atoms with Gasteiger partial charge in [-0.2, -0.15) is 0 Å². The zero-order valence-corrected chi connectivity index (χ0v) is 20.6. The molecule has 0 N–H and O–H groups in total. The van der Waals surface area contributed by atoms with Gasteiger partial charge in [-0.05, 0) is 62.1 Å². The second-order valence-corrected chi connectivity index (χ2v) is 9.98. The average Bonchev–Trinajstić information content (AvgIpc) is 3.39. The summed E-state index contributed by atoms with van der Waals surface area (Å²) in [5.74, 6) is 0.191. The molecule has 1 fully saturated rings. The minimum Gasteiger partial charge on any atom is -0.368 e. The number of nitrogens with zero attached hydrogens (tertiary/aromatic N) is 4. The SMILES string of the molecule is Cc1ccc(C)c(N2CCN(C(=O)Cc3csc4nc(-c5ccc(C)c(C)c5)cn34)CC2)c1. The molecular weight excluding hydrogens is 428 g/mol. The highest BCUT2D eigenvalue weighted by Gasteiger charge is 2.23. The summed E-state index contributed by atoms with van der Waals surface area (Å²) in [7, 11) is 0. The van der Waals surface area contributed by atoms with Gasteiger partial charge in [0, 0.05) is 54.7 Å². The van der Waals surface area contributed by atoms with Crippen LogP contribution in [0, 0.1) is 27.7 Å². The molecule has 1 aliphatic rings. The largest absolute Gasteiger partial charge is 0.368 e. The molecule has 1 aliphatic heterocycles. The zero-order chi connectivity index (χ0) is 23.1. The lowest BCUT2D eigenvalue weighted by atomic mass is 10.0. The molecule has 2 aromatic carbocycles. The van der Waals surface area contributed by atoms with Gasteiger partial charge in [-0.25, -0.2) is 4.98 Å². The number of hydrogen-bond donors (Lipinski definition) is 0. The Morgan fingerprint density at radius 1 is 0.939 bits per heavy atom. The minimum atomic E-state index is 0.191. The Kier molecular flexibility index (Phi) is 5.71. The van der Waals surface area contributed by atoms with Crippen LogP contribution < -0.4 is 4.90 Å². The van der Waals surface area contributed by atoms with Crippen LogP contribution in [0.3, 0.4) is 0 Å². The van der Waals surface area contributed by atoms with Crippen molar-refractivity contribution in [1.29, 1.82) is 0 Å². The molecule has 3 heterocycles. The zero-order valence-electron chi connectivity index (χ0n) is 19.8. The lowest BCUT2D eigenvalue weighted by Gasteiger charge is -2.37. The second-order valence-electron chi connectivity index (χ2n) is 9.14.